The summed E-state index contributed by atoms with van der Waals surface area (Å²) < 4.78 is 2.43. The Hall–Kier alpha value is -6.94. The monoisotopic (exact) mass is 718 g/mol. The molecule has 0 aliphatic carbocycles. The van der Waals surface area contributed by atoms with E-state index in [9.17, 15) is 0 Å². The lowest BCUT2D eigenvalue weighted by Gasteiger charge is -2.34. The SMILES string of the molecule is c1ccc(N(c2ccc3ccccc3c2)c2ccc3c(c2)c2cc([Si](c4ccccc4)(c4ccccc4)c4ccccc4)ccc2n3-c2ccccc2)cc1. The van der Waals surface area contributed by atoms with Crippen molar-refractivity contribution in [1.29, 1.82) is 0 Å². The zero-order chi connectivity index (χ0) is 36.6. The van der Waals surface area contributed by atoms with Crippen LogP contribution >= 0.6 is 0 Å². The average Bonchev–Trinajstić information content (AvgIpc) is 3.59. The van der Waals surface area contributed by atoms with E-state index in [-0.39, 0.29) is 0 Å². The molecule has 0 saturated carbocycles. The van der Waals surface area contributed by atoms with Crippen LogP contribution in [-0.2, 0) is 0 Å². The van der Waals surface area contributed by atoms with Gasteiger partial charge in [0.1, 0.15) is 0 Å². The smallest absolute Gasteiger partial charge is 0.179 e. The fourth-order valence-corrected chi connectivity index (χ4v) is 13.4. The van der Waals surface area contributed by atoms with E-state index >= 15 is 0 Å². The maximum absolute atomic E-state index is 2.76. The summed E-state index contributed by atoms with van der Waals surface area (Å²) in [5.41, 5.74) is 6.88. The van der Waals surface area contributed by atoms with Gasteiger partial charge in [-0.25, -0.2) is 0 Å². The molecule has 55 heavy (non-hydrogen) atoms. The molecule has 0 fully saturated rings. The predicted octanol–water partition coefficient (Wildman–Crippen LogP) is 10.8. The number of aromatic nitrogens is 1. The predicted molar refractivity (Wildman–Crippen MR) is 237 cm³/mol. The Labute approximate surface area is 322 Å². The van der Waals surface area contributed by atoms with Gasteiger partial charge in [0, 0.05) is 33.5 Å². The Bertz CT molecular complexity index is 2810. The molecule has 0 saturated heterocycles. The van der Waals surface area contributed by atoms with E-state index < -0.39 is 8.07 Å². The van der Waals surface area contributed by atoms with Crippen LogP contribution in [0.15, 0.2) is 231 Å². The third-order valence-corrected chi connectivity index (χ3v) is 15.9. The molecule has 0 aliphatic heterocycles. The minimum atomic E-state index is -2.76. The number of fused-ring (bicyclic) bond motifs is 4. The van der Waals surface area contributed by atoms with Crippen LogP contribution in [0.2, 0.25) is 0 Å². The van der Waals surface area contributed by atoms with Crippen molar-refractivity contribution in [3.63, 3.8) is 0 Å². The molecule has 1 aromatic heterocycles. The number of nitrogens with zero attached hydrogens (tertiary/aromatic N) is 2. The summed E-state index contributed by atoms with van der Waals surface area (Å²) in [4.78, 5) is 2.39. The van der Waals surface area contributed by atoms with Crippen molar-refractivity contribution in [2.75, 3.05) is 4.90 Å². The van der Waals surface area contributed by atoms with E-state index in [1.165, 1.54) is 53.3 Å². The number of rotatable bonds is 8. The van der Waals surface area contributed by atoms with Crippen molar-refractivity contribution >= 4 is 78.5 Å². The first-order valence-corrected chi connectivity index (χ1v) is 20.9. The molecule has 0 aliphatic rings. The molecule has 1 heterocycles. The summed E-state index contributed by atoms with van der Waals surface area (Å²) in [5.74, 6) is 0. The van der Waals surface area contributed by atoms with Crippen molar-refractivity contribution in [2.24, 2.45) is 0 Å². The lowest BCUT2D eigenvalue weighted by molar-refractivity contribution is 1.18. The Morgan fingerprint density at radius 3 is 1.36 bits per heavy atom. The minimum Gasteiger partial charge on any atom is -0.310 e. The van der Waals surface area contributed by atoms with Crippen LogP contribution in [0.25, 0.3) is 38.3 Å². The van der Waals surface area contributed by atoms with E-state index in [1.807, 2.05) is 0 Å². The van der Waals surface area contributed by atoms with Gasteiger partial charge < -0.3 is 9.47 Å². The van der Waals surface area contributed by atoms with Crippen LogP contribution < -0.4 is 25.6 Å². The van der Waals surface area contributed by atoms with Gasteiger partial charge in [-0.3, -0.25) is 0 Å². The van der Waals surface area contributed by atoms with Crippen molar-refractivity contribution in [3.05, 3.63) is 231 Å². The van der Waals surface area contributed by atoms with E-state index in [4.69, 9.17) is 0 Å². The van der Waals surface area contributed by atoms with Crippen molar-refractivity contribution in [1.82, 2.24) is 4.57 Å². The number of hydrogen-bond acceptors (Lipinski definition) is 1. The highest BCUT2D eigenvalue weighted by Gasteiger charge is 2.41. The van der Waals surface area contributed by atoms with E-state index in [0.717, 1.165) is 22.7 Å². The summed E-state index contributed by atoms with van der Waals surface area (Å²) in [5, 5.41) is 10.4. The first-order chi connectivity index (χ1) is 27.3. The van der Waals surface area contributed by atoms with Crippen molar-refractivity contribution < 1.29 is 0 Å². The zero-order valence-electron chi connectivity index (χ0n) is 30.3. The second-order valence-electron chi connectivity index (χ2n) is 14.2. The van der Waals surface area contributed by atoms with Crippen LogP contribution in [0, 0.1) is 0 Å². The van der Waals surface area contributed by atoms with Crippen molar-refractivity contribution in [3.8, 4) is 5.69 Å². The Kier molecular flexibility index (Phi) is 8.20. The first-order valence-electron chi connectivity index (χ1n) is 18.9. The third-order valence-electron chi connectivity index (χ3n) is 11.1. The third kappa shape index (κ3) is 5.56. The first kappa shape index (κ1) is 32.7. The molecule has 0 N–H and O–H groups in total. The highest BCUT2D eigenvalue weighted by molar-refractivity contribution is 7.20. The molecule has 10 rings (SSSR count). The fraction of sp³-hybridized carbons (Fsp3) is 0. The van der Waals surface area contributed by atoms with Gasteiger partial charge in [0.2, 0.25) is 0 Å². The molecule has 260 valence electrons. The van der Waals surface area contributed by atoms with Crippen LogP contribution in [0.3, 0.4) is 0 Å². The Balaban J connectivity index is 1.28. The van der Waals surface area contributed by atoms with Gasteiger partial charge in [-0.15, -0.1) is 0 Å². The highest BCUT2D eigenvalue weighted by atomic mass is 28.3. The maximum atomic E-state index is 2.52. The molecule has 0 atom stereocenters. The molecule has 0 amide bonds. The van der Waals surface area contributed by atoms with Crippen LogP contribution in [0.4, 0.5) is 17.1 Å². The van der Waals surface area contributed by atoms with Gasteiger partial charge in [0.25, 0.3) is 0 Å². The molecule has 0 bridgehead atoms. The van der Waals surface area contributed by atoms with E-state index in [0.29, 0.717) is 0 Å². The van der Waals surface area contributed by atoms with Crippen molar-refractivity contribution in [2.45, 2.75) is 0 Å². The van der Waals surface area contributed by atoms with E-state index in [1.54, 1.807) is 0 Å². The molecule has 9 aromatic carbocycles. The number of para-hydroxylation sites is 2. The maximum Gasteiger partial charge on any atom is 0.179 e. The lowest BCUT2D eigenvalue weighted by atomic mass is 10.1. The largest absolute Gasteiger partial charge is 0.310 e. The van der Waals surface area contributed by atoms with Gasteiger partial charge >= 0.3 is 0 Å². The molecular formula is C52H38N2Si. The summed E-state index contributed by atoms with van der Waals surface area (Å²) in [6.07, 6.45) is 0. The summed E-state index contributed by atoms with van der Waals surface area (Å²) >= 11 is 0. The van der Waals surface area contributed by atoms with Gasteiger partial charge in [-0.2, -0.15) is 0 Å². The number of benzene rings is 9. The fourth-order valence-electron chi connectivity index (χ4n) is 8.64. The standard InChI is InChI=1S/C52H38N2Si/c1-6-20-41(21-7-1)53(43-31-30-39-18-16-17-19-40(39)36-43)44-32-34-51-49(37-44)50-38-48(33-35-52(50)54(51)42-22-8-2-9-23-42)55(45-24-10-3-11-25-45,46-26-12-4-13-27-46)47-28-14-5-15-29-47/h1-38H. The zero-order valence-corrected chi connectivity index (χ0v) is 31.3. The van der Waals surface area contributed by atoms with Gasteiger partial charge in [0.05, 0.1) is 11.0 Å². The number of hydrogen-bond donors (Lipinski definition) is 0. The normalized spacial score (nSPS) is 11.6. The second-order valence-corrected chi connectivity index (χ2v) is 18.0. The van der Waals surface area contributed by atoms with E-state index in [2.05, 4.69) is 240 Å². The van der Waals surface area contributed by atoms with Gasteiger partial charge in [0.15, 0.2) is 8.07 Å². The summed E-state index contributed by atoms with van der Waals surface area (Å²) in [7, 11) is -2.76. The van der Waals surface area contributed by atoms with Crippen LogP contribution in [0.5, 0.6) is 0 Å². The second kappa shape index (κ2) is 13.8. The molecule has 3 heteroatoms. The van der Waals surface area contributed by atoms with Gasteiger partial charge in [-0.1, -0.05) is 170 Å². The average molecular weight is 719 g/mol. The summed E-state index contributed by atoms with van der Waals surface area (Å²) in [6.45, 7) is 0. The van der Waals surface area contributed by atoms with Gasteiger partial charge in [-0.05, 0) is 92.2 Å². The highest BCUT2D eigenvalue weighted by Crippen LogP contribution is 2.40. The quantitative estimate of drug-likeness (QED) is 0.112. The van der Waals surface area contributed by atoms with Crippen LogP contribution in [0.1, 0.15) is 0 Å². The molecule has 0 spiro atoms. The molecule has 0 radical (unpaired) electrons. The molecule has 0 unspecified atom stereocenters. The Morgan fingerprint density at radius 2 is 0.764 bits per heavy atom. The molecular weight excluding hydrogens is 681 g/mol. The molecule has 10 aromatic rings. The topological polar surface area (TPSA) is 8.17 Å². The number of anilines is 3. The minimum absolute atomic E-state index is 1.11. The summed E-state index contributed by atoms with van der Waals surface area (Å²) in [6, 6.07) is 84.7. The lowest BCUT2D eigenvalue weighted by Crippen LogP contribution is -2.74. The Morgan fingerprint density at radius 1 is 0.309 bits per heavy atom. The molecule has 2 nitrogen and oxygen atoms in total. The van der Waals surface area contributed by atoms with Crippen LogP contribution in [-0.4, -0.2) is 12.6 Å².